The predicted octanol–water partition coefficient (Wildman–Crippen LogP) is 2.81. The Balaban J connectivity index is 1.51. The third-order valence-corrected chi connectivity index (χ3v) is 13.8. The van der Waals surface area contributed by atoms with E-state index in [-0.39, 0.29) is 18.9 Å². The van der Waals surface area contributed by atoms with E-state index in [4.69, 9.17) is 28.4 Å². The fraction of sp³-hybridized carbons (Fsp3) is 0.904. The number of hydrogen-bond acceptors (Lipinski definition) is 18. The highest BCUT2D eigenvalue weighted by molar-refractivity contribution is 5.76. The van der Waals surface area contributed by atoms with E-state index in [1.165, 1.54) is 57.8 Å². The Morgan fingerprint density at radius 3 is 1.46 bits per heavy atom. The highest BCUT2D eigenvalue weighted by Gasteiger charge is 2.53. The number of aliphatic hydroxyl groups excluding tert-OH is 11. The number of unbranched alkanes of at least 4 members (excludes halogenated alkanes) is 18. The Morgan fingerprint density at radius 2 is 0.930 bits per heavy atom. The third-order valence-electron chi connectivity index (χ3n) is 13.8. The van der Waals surface area contributed by atoms with Crippen molar-refractivity contribution < 1.29 is 89.4 Å². The summed E-state index contributed by atoms with van der Waals surface area (Å²) in [6.45, 7) is 1.70. The van der Waals surface area contributed by atoms with Crippen LogP contribution in [0, 0.1) is 0 Å². The summed E-state index contributed by atoms with van der Waals surface area (Å²) in [5, 5.41) is 120. The second-order valence-electron chi connectivity index (χ2n) is 19.7. The molecule has 1 amide bonds. The minimum absolute atomic E-state index is 0.255. The third kappa shape index (κ3) is 22.6. The Kier molecular flexibility index (Phi) is 33.2. The van der Waals surface area contributed by atoms with Crippen LogP contribution >= 0.6 is 0 Å². The van der Waals surface area contributed by atoms with Crippen molar-refractivity contribution in [2.45, 2.75) is 272 Å². The van der Waals surface area contributed by atoms with Gasteiger partial charge in [-0.1, -0.05) is 141 Å². The summed E-state index contributed by atoms with van der Waals surface area (Å²) < 4.78 is 34.2. The average molecular weight is 1020 g/mol. The first-order chi connectivity index (χ1) is 34.3. The largest absolute Gasteiger partial charge is 0.394 e. The standard InChI is InChI=1S/C52H95NO18/c1-3-5-7-9-11-13-14-15-16-17-18-19-20-22-24-26-28-30-40(58)53-35(36(57)29-27-25-23-21-12-10-8-6-4-2)34-66-50-46(64)43(61)48(38(32-55)68-50)71-52-47(65)44(62)49(39(33-56)69-52)70-51-45(63)42(60)41(59)37(31-54)67-51/h11,13,15-16,35-39,41-52,54-57,59-65H,3-10,12,14,17-34H2,1-2H3,(H,53,58)/b13-11-,16-15-. The molecule has 0 saturated carbocycles. The van der Waals surface area contributed by atoms with Crippen LogP contribution in [0.1, 0.15) is 168 Å². The second kappa shape index (κ2) is 37.1. The van der Waals surface area contributed by atoms with Crippen molar-refractivity contribution in [3.05, 3.63) is 24.3 Å². The zero-order chi connectivity index (χ0) is 52.0. The first-order valence-corrected chi connectivity index (χ1v) is 27.1. The molecule has 19 heteroatoms. The molecule has 71 heavy (non-hydrogen) atoms. The topological polar surface area (TPSA) is 307 Å². The van der Waals surface area contributed by atoms with Crippen molar-refractivity contribution in [3.8, 4) is 0 Å². The summed E-state index contributed by atoms with van der Waals surface area (Å²) in [6.07, 6.45) is 7.18. The number of carbonyl (C=O) groups excluding carboxylic acids is 1. The fourth-order valence-electron chi connectivity index (χ4n) is 9.22. The minimum atomic E-state index is -1.97. The molecule has 12 N–H and O–H groups in total. The lowest BCUT2D eigenvalue weighted by Crippen LogP contribution is -2.66. The van der Waals surface area contributed by atoms with E-state index in [0.717, 1.165) is 77.0 Å². The Hall–Kier alpha value is -1.73. The molecule has 3 aliphatic heterocycles. The number of hydrogen-bond donors (Lipinski definition) is 12. The van der Waals surface area contributed by atoms with Crippen LogP contribution in [0.15, 0.2) is 24.3 Å². The SMILES string of the molecule is CCCCC/C=C\C/C=C\CCCCCCCCCC(=O)NC(COC1OC(CO)C(OC2OC(CO)C(OC3OC(CO)C(O)C(O)C3O)C(O)C2O)C(O)C1O)C(O)CCCCCCCCCCC. The first-order valence-electron chi connectivity index (χ1n) is 27.1. The highest BCUT2D eigenvalue weighted by Crippen LogP contribution is 2.33. The van der Waals surface area contributed by atoms with Gasteiger partial charge in [-0.05, 0) is 44.9 Å². The lowest BCUT2D eigenvalue weighted by Gasteiger charge is -2.48. The van der Waals surface area contributed by atoms with Crippen molar-refractivity contribution in [1.29, 1.82) is 0 Å². The molecule has 0 aromatic heterocycles. The van der Waals surface area contributed by atoms with Crippen LogP contribution in [0.25, 0.3) is 0 Å². The molecule has 3 fully saturated rings. The molecule has 17 unspecified atom stereocenters. The summed E-state index contributed by atoms with van der Waals surface area (Å²) >= 11 is 0. The summed E-state index contributed by atoms with van der Waals surface area (Å²) in [5.74, 6) is -0.255. The lowest BCUT2D eigenvalue weighted by molar-refractivity contribution is -0.379. The number of ether oxygens (including phenoxy) is 6. The van der Waals surface area contributed by atoms with Gasteiger partial charge < -0.3 is 89.9 Å². The van der Waals surface area contributed by atoms with Crippen LogP contribution in [0.4, 0.5) is 0 Å². The average Bonchev–Trinajstić information content (AvgIpc) is 3.36. The van der Waals surface area contributed by atoms with E-state index in [1.807, 2.05) is 0 Å². The second-order valence-corrected chi connectivity index (χ2v) is 19.7. The van der Waals surface area contributed by atoms with Crippen LogP contribution in [-0.4, -0.2) is 193 Å². The van der Waals surface area contributed by atoms with Gasteiger partial charge in [0.15, 0.2) is 18.9 Å². The zero-order valence-electron chi connectivity index (χ0n) is 42.7. The Morgan fingerprint density at radius 1 is 0.507 bits per heavy atom. The summed E-state index contributed by atoms with van der Waals surface area (Å²) in [4.78, 5) is 13.2. The van der Waals surface area contributed by atoms with Crippen molar-refractivity contribution in [2.24, 2.45) is 0 Å². The summed E-state index contributed by atoms with van der Waals surface area (Å²) in [7, 11) is 0. The summed E-state index contributed by atoms with van der Waals surface area (Å²) in [5.41, 5.74) is 0. The number of amides is 1. The van der Waals surface area contributed by atoms with Gasteiger partial charge in [-0.25, -0.2) is 0 Å². The van der Waals surface area contributed by atoms with Gasteiger partial charge in [-0.3, -0.25) is 4.79 Å². The van der Waals surface area contributed by atoms with Crippen molar-refractivity contribution >= 4 is 5.91 Å². The first kappa shape index (κ1) is 63.6. The molecule has 3 saturated heterocycles. The van der Waals surface area contributed by atoms with E-state index in [2.05, 4.69) is 43.5 Å². The molecule has 3 rings (SSSR count). The van der Waals surface area contributed by atoms with Crippen molar-refractivity contribution in [3.63, 3.8) is 0 Å². The van der Waals surface area contributed by atoms with Crippen LogP contribution in [0.3, 0.4) is 0 Å². The van der Waals surface area contributed by atoms with Crippen molar-refractivity contribution in [1.82, 2.24) is 5.32 Å². The summed E-state index contributed by atoms with van der Waals surface area (Å²) in [6, 6.07) is -0.886. The number of carbonyl (C=O) groups is 1. The van der Waals surface area contributed by atoms with E-state index >= 15 is 0 Å². The van der Waals surface area contributed by atoms with Crippen LogP contribution < -0.4 is 5.32 Å². The molecule has 0 spiro atoms. The van der Waals surface area contributed by atoms with Gasteiger partial charge >= 0.3 is 0 Å². The molecular weight excluding hydrogens is 927 g/mol. The fourth-order valence-corrected chi connectivity index (χ4v) is 9.22. The molecule has 0 bridgehead atoms. The van der Waals surface area contributed by atoms with E-state index in [0.29, 0.717) is 12.8 Å². The van der Waals surface area contributed by atoms with Gasteiger partial charge in [0.05, 0.1) is 38.6 Å². The molecule has 17 atom stereocenters. The molecule has 0 aromatic carbocycles. The molecule has 0 aromatic rings. The van der Waals surface area contributed by atoms with Crippen molar-refractivity contribution in [2.75, 3.05) is 26.4 Å². The van der Waals surface area contributed by atoms with E-state index in [9.17, 15) is 61.0 Å². The minimum Gasteiger partial charge on any atom is -0.394 e. The lowest BCUT2D eigenvalue weighted by atomic mass is 9.96. The van der Waals surface area contributed by atoms with Gasteiger partial charge in [0, 0.05) is 6.42 Å². The number of aliphatic hydroxyl groups is 11. The van der Waals surface area contributed by atoms with Gasteiger partial charge in [0.2, 0.25) is 5.91 Å². The zero-order valence-corrected chi connectivity index (χ0v) is 42.7. The quantitative estimate of drug-likeness (QED) is 0.0313. The van der Waals surface area contributed by atoms with E-state index in [1.54, 1.807) is 0 Å². The van der Waals surface area contributed by atoms with Gasteiger partial charge in [0.1, 0.15) is 73.2 Å². The van der Waals surface area contributed by atoms with Gasteiger partial charge in [0.25, 0.3) is 0 Å². The number of nitrogens with one attached hydrogen (secondary N) is 1. The molecule has 416 valence electrons. The molecule has 3 aliphatic rings. The smallest absolute Gasteiger partial charge is 0.220 e. The van der Waals surface area contributed by atoms with Crippen LogP contribution in [0.2, 0.25) is 0 Å². The molecule has 3 heterocycles. The highest BCUT2D eigenvalue weighted by atomic mass is 16.8. The predicted molar refractivity (Wildman–Crippen MR) is 263 cm³/mol. The maximum Gasteiger partial charge on any atom is 0.220 e. The van der Waals surface area contributed by atoms with Crippen LogP contribution in [0.5, 0.6) is 0 Å². The molecular formula is C52H95NO18. The monoisotopic (exact) mass is 1020 g/mol. The number of allylic oxidation sites excluding steroid dienone is 4. The normalized spacial score (nSPS) is 32.4. The van der Waals surface area contributed by atoms with Gasteiger partial charge in [-0.2, -0.15) is 0 Å². The maximum absolute atomic E-state index is 13.2. The van der Waals surface area contributed by atoms with Crippen LogP contribution in [-0.2, 0) is 33.2 Å². The Labute approximate surface area is 422 Å². The molecule has 0 radical (unpaired) electrons. The molecule has 0 aliphatic carbocycles. The Bertz CT molecular complexity index is 1410. The maximum atomic E-state index is 13.2. The van der Waals surface area contributed by atoms with E-state index < -0.39 is 124 Å². The van der Waals surface area contributed by atoms with Gasteiger partial charge in [-0.15, -0.1) is 0 Å². The molecule has 19 nitrogen and oxygen atoms in total. The number of rotatable bonds is 38.